The van der Waals surface area contributed by atoms with Crippen LogP contribution in [0.25, 0.3) is 0 Å². The van der Waals surface area contributed by atoms with E-state index in [1.807, 2.05) is 0 Å². The zero-order chi connectivity index (χ0) is 20.6. The second-order valence-corrected chi connectivity index (χ2v) is 11.1. The summed E-state index contributed by atoms with van der Waals surface area (Å²) in [5.74, 6) is -0.434. The van der Waals surface area contributed by atoms with Crippen molar-refractivity contribution in [2.24, 2.45) is 0 Å². The Hall–Kier alpha value is -1.36. The van der Waals surface area contributed by atoms with Crippen molar-refractivity contribution < 1.29 is 55.7 Å². The summed E-state index contributed by atoms with van der Waals surface area (Å²) in [6.07, 6.45) is 0. The molecule has 0 bridgehead atoms. The molecule has 0 saturated heterocycles. The maximum Gasteiger partial charge on any atom is 0.522 e. The van der Waals surface area contributed by atoms with Gasteiger partial charge in [0.05, 0.1) is 7.11 Å². The van der Waals surface area contributed by atoms with E-state index in [1.165, 1.54) is 6.07 Å². The highest BCUT2D eigenvalue weighted by atomic mass is 32.2. The Morgan fingerprint density at radius 2 is 1.23 bits per heavy atom. The van der Waals surface area contributed by atoms with E-state index in [0.29, 0.717) is 6.55 Å². The lowest BCUT2D eigenvalue weighted by Gasteiger charge is -2.27. The molecule has 0 atom stereocenters. The lowest BCUT2D eigenvalue weighted by Crippen LogP contribution is -2.56. The van der Waals surface area contributed by atoms with Crippen LogP contribution in [-0.4, -0.2) is 43.5 Å². The van der Waals surface area contributed by atoms with Gasteiger partial charge in [-0.25, -0.2) is 0 Å². The molecule has 0 amide bonds. The van der Waals surface area contributed by atoms with Crippen LogP contribution in [0, 0.1) is 0 Å². The molecular weight excluding hydrogens is 438 g/mol. The molecule has 16 heteroatoms. The van der Waals surface area contributed by atoms with Gasteiger partial charge >= 0.3 is 39.8 Å². The number of alkyl halides is 6. The minimum Gasteiger partial charge on any atom is -0.497 e. The molecule has 1 rings (SSSR count). The first-order valence-electron chi connectivity index (χ1n) is 6.14. The van der Waals surface area contributed by atoms with Gasteiger partial charge in [0.25, 0.3) is 0 Å². The molecule has 1 aromatic carbocycles. The van der Waals surface area contributed by atoms with Crippen LogP contribution in [0.4, 0.5) is 26.3 Å². The van der Waals surface area contributed by atoms with E-state index in [1.54, 1.807) is 0 Å². The molecule has 150 valence electrons. The molecule has 0 spiro atoms. The molecule has 0 fully saturated rings. The number of methoxy groups -OCH3 is 1. The monoisotopic (exact) mass is 448 g/mol. The molecule has 0 aliphatic rings. The topological polar surface area (TPSA) is 96.0 Å². The fraction of sp³-hybridized carbons (Fsp3) is 0.400. The number of halogens is 6. The number of para-hydroxylation sites is 1. The van der Waals surface area contributed by atoms with E-state index in [-0.39, 0.29) is 0 Å². The van der Waals surface area contributed by atoms with Crippen LogP contribution in [0.2, 0.25) is 6.55 Å². The molecule has 0 N–H and O–H groups in total. The largest absolute Gasteiger partial charge is 0.522 e. The van der Waals surface area contributed by atoms with Gasteiger partial charge in [0.2, 0.25) is 0 Å². The second-order valence-electron chi connectivity index (χ2n) is 4.61. The molecule has 26 heavy (non-hydrogen) atoms. The third-order valence-electron chi connectivity index (χ3n) is 2.70. The third-order valence-corrected chi connectivity index (χ3v) is 9.53. The summed E-state index contributed by atoms with van der Waals surface area (Å²) in [4.78, 5) is 0. The average molecular weight is 448 g/mol. The van der Waals surface area contributed by atoms with Crippen molar-refractivity contribution in [1.29, 1.82) is 0 Å². The van der Waals surface area contributed by atoms with E-state index < -0.39 is 50.8 Å². The van der Waals surface area contributed by atoms with Crippen molar-refractivity contribution in [2.75, 3.05) is 7.11 Å². The number of hydrogen-bond acceptors (Lipinski definition) is 7. The van der Waals surface area contributed by atoms with Crippen molar-refractivity contribution in [2.45, 2.75) is 17.6 Å². The number of benzene rings is 1. The van der Waals surface area contributed by atoms with Crippen molar-refractivity contribution in [3.8, 4) is 5.75 Å². The van der Waals surface area contributed by atoms with Crippen LogP contribution in [0.15, 0.2) is 24.3 Å². The van der Waals surface area contributed by atoms with E-state index in [0.717, 1.165) is 25.3 Å². The molecule has 0 aliphatic carbocycles. The summed E-state index contributed by atoms with van der Waals surface area (Å²) in [5, 5.41) is -0.719. The highest BCUT2D eigenvalue weighted by molar-refractivity contribution is 7.90. The van der Waals surface area contributed by atoms with Gasteiger partial charge in [-0.05, 0) is 12.6 Å². The van der Waals surface area contributed by atoms with Gasteiger partial charge in [-0.1, -0.05) is 18.2 Å². The fourth-order valence-electron chi connectivity index (χ4n) is 1.64. The number of hydrogen-bond donors (Lipinski definition) is 0. The average Bonchev–Trinajstić information content (AvgIpc) is 2.43. The van der Waals surface area contributed by atoms with Crippen molar-refractivity contribution >= 4 is 34.0 Å². The summed E-state index contributed by atoms with van der Waals surface area (Å²) in [7, 11) is -17.5. The first-order valence-corrected chi connectivity index (χ1v) is 11.3. The van der Waals surface area contributed by atoms with Gasteiger partial charge in [0, 0.05) is 5.19 Å². The van der Waals surface area contributed by atoms with Gasteiger partial charge in [-0.15, -0.1) is 0 Å². The molecule has 1 aromatic rings. The smallest absolute Gasteiger partial charge is 0.497 e. The minimum atomic E-state index is -6.50. The molecular formula is C10H10F6O7S2Si. The van der Waals surface area contributed by atoms with Gasteiger partial charge in [0.1, 0.15) is 5.75 Å². The molecule has 0 saturated carbocycles. The Balaban J connectivity index is 3.63. The Morgan fingerprint density at radius 3 is 1.58 bits per heavy atom. The van der Waals surface area contributed by atoms with Crippen molar-refractivity contribution in [1.82, 2.24) is 0 Å². The zero-order valence-electron chi connectivity index (χ0n) is 12.8. The lowest BCUT2D eigenvalue weighted by atomic mass is 10.3. The minimum absolute atomic E-state index is 0.386. The fourth-order valence-corrected chi connectivity index (χ4v) is 7.85. The highest BCUT2D eigenvalue weighted by Crippen LogP contribution is 2.33. The summed E-state index contributed by atoms with van der Waals surface area (Å²) >= 11 is 0. The van der Waals surface area contributed by atoms with Gasteiger partial charge < -0.3 is 4.74 Å². The highest BCUT2D eigenvalue weighted by Gasteiger charge is 2.59. The Kier molecular flexibility index (Phi) is 6.09. The van der Waals surface area contributed by atoms with Crippen molar-refractivity contribution in [3.05, 3.63) is 24.3 Å². The SMILES string of the molecule is COc1ccccc1[Si](C)(OS(=O)(=O)C(F)(F)F)OS(=O)(=O)C(F)(F)F. The molecule has 0 aliphatic heterocycles. The normalized spacial score (nSPS) is 14.3. The van der Waals surface area contributed by atoms with Crippen LogP contribution in [0.3, 0.4) is 0 Å². The predicted molar refractivity (Wildman–Crippen MR) is 76.4 cm³/mol. The standard InChI is InChI=1S/C10H10F6O7S2Si/c1-21-7-5-3-4-6-8(7)26(2,22-24(17,18)9(11,12)13)23-25(19,20)10(14,15)16/h3-6H,1-2H3. The van der Waals surface area contributed by atoms with E-state index >= 15 is 0 Å². The maximum atomic E-state index is 12.6. The zero-order valence-corrected chi connectivity index (χ0v) is 15.4. The van der Waals surface area contributed by atoms with E-state index in [4.69, 9.17) is 4.74 Å². The van der Waals surface area contributed by atoms with Gasteiger partial charge in [0.15, 0.2) is 0 Å². The molecule has 0 unspecified atom stereocenters. The Bertz CT molecular complexity index is 817. The summed E-state index contributed by atoms with van der Waals surface area (Å²) in [5.41, 5.74) is -12.1. The first-order chi connectivity index (χ1) is 11.5. The van der Waals surface area contributed by atoms with E-state index in [2.05, 4.69) is 7.74 Å². The van der Waals surface area contributed by atoms with Gasteiger partial charge in [-0.2, -0.15) is 43.2 Å². The number of rotatable bonds is 6. The van der Waals surface area contributed by atoms with Crippen LogP contribution in [0.1, 0.15) is 0 Å². The van der Waals surface area contributed by atoms with Crippen molar-refractivity contribution in [3.63, 3.8) is 0 Å². The summed E-state index contributed by atoms with van der Waals surface area (Å²) in [6.45, 7) is 0.386. The lowest BCUT2D eigenvalue weighted by molar-refractivity contribution is -0.0529. The second kappa shape index (κ2) is 6.99. The Labute approximate surface area is 145 Å². The molecule has 7 nitrogen and oxygen atoms in total. The third kappa shape index (κ3) is 4.67. The Morgan fingerprint density at radius 1 is 0.846 bits per heavy atom. The van der Waals surface area contributed by atoms with Crippen LogP contribution in [-0.2, 0) is 28.0 Å². The predicted octanol–water partition coefficient (Wildman–Crippen LogP) is 1.71. The first kappa shape index (κ1) is 22.7. The van der Waals surface area contributed by atoms with Crippen LogP contribution < -0.4 is 9.92 Å². The van der Waals surface area contributed by atoms with Crippen LogP contribution in [0.5, 0.6) is 5.75 Å². The summed E-state index contributed by atoms with van der Waals surface area (Å²) < 4.78 is 133. The molecule has 0 radical (unpaired) electrons. The maximum absolute atomic E-state index is 12.6. The molecule has 0 aromatic heterocycles. The summed E-state index contributed by atoms with van der Waals surface area (Å²) in [6, 6.07) is 4.18. The molecule has 0 heterocycles. The number of ether oxygens (including phenoxy) is 1. The van der Waals surface area contributed by atoms with Gasteiger partial charge in [-0.3, -0.25) is 7.74 Å². The quantitative estimate of drug-likeness (QED) is 0.371. The van der Waals surface area contributed by atoms with Crippen LogP contribution >= 0.6 is 0 Å². The van der Waals surface area contributed by atoms with E-state index in [9.17, 15) is 43.2 Å².